The van der Waals surface area contributed by atoms with Crippen molar-refractivity contribution in [2.24, 2.45) is 0 Å². The summed E-state index contributed by atoms with van der Waals surface area (Å²) in [5.41, 5.74) is 1.11. The minimum Gasteiger partial charge on any atom is -0.410 e. The lowest BCUT2D eigenvalue weighted by atomic mass is 10.2. The zero-order chi connectivity index (χ0) is 13.8. The van der Waals surface area contributed by atoms with E-state index in [4.69, 9.17) is 4.74 Å². The Bertz CT molecular complexity index is 602. The number of carbonyl (C=O) groups is 1. The number of benzene rings is 2. The van der Waals surface area contributed by atoms with Gasteiger partial charge in [0.25, 0.3) is 0 Å². The first kappa shape index (κ1) is 13.5. The van der Waals surface area contributed by atoms with Crippen LogP contribution in [-0.4, -0.2) is 6.09 Å². The quantitative estimate of drug-likeness (QED) is 0.883. The fraction of sp³-hybridized carbons (Fsp3) is 0.0714. The van der Waals surface area contributed by atoms with E-state index in [-0.39, 0.29) is 0 Å². The van der Waals surface area contributed by atoms with E-state index in [1.54, 1.807) is 37.3 Å². The van der Waals surface area contributed by atoms with Crippen LogP contribution in [0.2, 0.25) is 0 Å². The molecule has 0 heterocycles. The highest BCUT2D eigenvalue weighted by Gasteiger charge is 2.10. The third-order valence-electron chi connectivity index (χ3n) is 2.46. The number of halogens is 2. The molecular formula is C14H11BrFNO2. The van der Waals surface area contributed by atoms with Crippen molar-refractivity contribution in [1.82, 2.24) is 0 Å². The molecule has 1 N–H and O–H groups in total. The fourth-order valence-electron chi connectivity index (χ4n) is 1.51. The van der Waals surface area contributed by atoms with Gasteiger partial charge in [0.15, 0.2) is 0 Å². The summed E-state index contributed by atoms with van der Waals surface area (Å²) in [6.07, 6.45) is -0.656. The van der Waals surface area contributed by atoms with Crippen molar-refractivity contribution in [3.8, 4) is 5.75 Å². The number of amides is 1. The van der Waals surface area contributed by atoms with Gasteiger partial charge in [-0.1, -0.05) is 18.2 Å². The van der Waals surface area contributed by atoms with Gasteiger partial charge in [0.05, 0.1) is 4.47 Å². The maximum Gasteiger partial charge on any atom is 0.417 e. The van der Waals surface area contributed by atoms with Crippen molar-refractivity contribution in [3.05, 3.63) is 58.3 Å². The maximum absolute atomic E-state index is 13.4. The van der Waals surface area contributed by atoms with Crippen LogP contribution >= 0.6 is 15.9 Å². The number of rotatable bonds is 2. The Balaban J connectivity index is 2.09. The van der Waals surface area contributed by atoms with Crippen LogP contribution in [0.25, 0.3) is 0 Å². The van der Waals surface area contributed by atoms with E-state index >= 15 is 0 Å². The van der Waals surface area contributed by atoms with Crippen LogP contribution in [0.3, 0.4) is 0 Å². The summed E-state index contributed by atoms with van der Waals surface area (Å²) in [7, 11) is 0. The van der Waals surface area contributed by atoms with E-state index in [0.29, 0.717) is 15.9 Å². The second-order valence-electron chi connectivity index (χ2n) is 3.91. The van der Waals surface area contributed by atoms with Crippen LogP contribution in [0.4, 0.5) is 14.9 Å². The van der Waals surface area contributed by atoms with E-state index in [2.05, 4.69) is 21.2 Å². The van der Waals surface area contributed by atoms with Gasteiger partial charge in [0, 0.05) is 5.69 Å². The molecule has 0 bridgehead atoms. The van der Waals surface area contributed by atoms with E-state index < -0.39 is 11.9 Å². The van der Waals surface area contributed by atoms with Gasteiger partial charge in [-0.25, -0.2) is 9.18 Å². The maximum atomic E-state index is 13.4. The number of ether oxygens (including phenoxy) is 1. The van der Waals surface area contributed by atoms with Gasteiger partial charge in [-0.2, -0.15) is 0 Å². The van der Waals surface area contributed by atoms with E-state index in [1.807, 2.05) is 6.07 Å². The first-order valence-electron chi connectivity index (χ1n) is 5.56. The Morgan fingerprint density at radius 2 is 1.95 bits per heavy atom. The van der Waals surface area contributed by atoms with E-state index in [0.717, 1.165) is 5.56 Å². The van der Waals surface area contributed by atoms with Crippen molar-refractivity contribution < 1.29 is 13.9 Å². The monoisotopic (exact) mass is 323 g/mol. The van der Waals surface area contributed by atoms with Crippen molar-refractivity contribution in [3.63, 3.8) is 0 Å². The van der Waals surface area contributed by atoms with Crippen molar-refractivity contribution in [1.29, 1.82) is 0 Å². The lowest BCUT2D eigenvalue weighted by molar-refractivity contribution is 0.215. The Labute approximate surface area is 118 Å². The van der Waals surface area contributed by atoms with Gasteiger partial charge in [-0.05, 0) is 52.7 Å². The molecule has 98 valence electrons. The van der Waals surface area contributed by atoms with Gasteiger partial charge in [0.1, 0.15) is 11.6 Å². The standard InChI is InChI=1S/C14H11BrFNO2/c1-9-7-11(15)12(16)8-13(9)17-14(18)19-10-5-3-2-4-6-10/h2-8H,1H3,(H,17,18). The molecule has 3 nitrogen and oxygen atoms in total. The minimum absolute atomic E-state index is 0.354. The predicted molar refractivity (Wildman–Crippen MR) is 74.9 cm³/mol. The van der Waals surface area contributed by atoms with Crippen LogP contribution in [0.1, 0.15) is 5.56 Å². The number of nitrogens with one attached hydrogen (secondary N) is 1. The van der Waals surface area contributed by atoms with Crippen LogP contribution in [-0.2, 0) is 0 Å². The van der Waals surface area contributed by atoms with Gasteiger partial charge in [0.2, 0.25) is 0 Å². The molecule has 0 unspecified atom stereocenters. The molecule has 0 saturated heterocycles. The molecule has 19 heavy (non-hydrogen) atoms. The molecule has 0 spiro atoms. The zero-order valence-electron chi connectivity index (χ0n) is 10.1. The Morgan fingerprint density at radius 3 is 2.63 bits per heavy atom. The Hall–Kier alpha value is -1.88. The number of carbonyl (C=O) groups excluding carboxylic acids is 1. The smallest absolute Gasteiger partial charge is 0.410 e. The summed E-state index contributed by atoms with van der Waals surface area (Å²) in [4.78, 5) is 11.7. The van der Waals surface area contributed by atoms with Crippen molar-refractivity contribution in [2.75, 3.05) is 5.32 Å². The molecule has 2 rings (SSSR count). The minimum atomic E-state index is -0.656. The van der Waals surface area contributed by atoms with Crippen LogP contribution in [0.15, 0.2) is 46.9 Å². The molecule has 0 aliphatic rings. The van der Waals surface area contributed by atoms with Gasteiger partial charge in [-0.3, -0.25) is 5.32 Å². The number of anilines is 1. The number of hydrogen-bond donors (Lipinski definition) is 1. The molecule has 2 aromatic rings. The molecule has 2 aromatic carbocycles. The molecule has 0 aliphatic carbocycles. The molecule has 0 aliphatic heterocycles. The number of hydrogen-bond acceptors (Lipinski definition) is 2. The Morgan fingerprint density at radius 1 is 1.26 bits per heavy atom. The Kier molecular flexibility index (Phi) is 4.16. The molecule has 1 amide bonds. The van der Waals surface area contributed by atoms with Gasteiger partial charge in [-0.15, -0.1) is 0 Å². The third-order valence-corrected chi connectivity index (χ3v) is 3.07. The summed E-state index contributed by atoms with van der Waals surface area (Å²) >= 11 is 3.08. The highest BCUT2D eigenvalue weighted by molar-refractivity contribution is 9.10. The van der Waals surface area contributed by atoms with E-state index in [1.165, 1.54) is 6.07 Å². The summed E-state index contributed by atoms with van der Waals surface area (Å²) in [6, 6.07) is 11.5. The average Bonchev–Trinajstić information content (AvgIpc) is 2.37. The van der Waals surface area contributed by atoms with E-state index in [9.17, 15) is 9.18 Å². The molecule has 0 saturated carbocycles. The number of para-hydroxylation sites is 1. The topological polar surface area (TPSA) is 38.3 Å². The number of aryl methyl sites for hydroxylation is 1. The highest BCUT2D eigenvalue weighted by atomic mass is 79.9. The molecule has 0 radical (unpaired) electrons. The SMILES string of the molecule is Cc1cc(Br)c(F)cc1NC(=O)Oc1ccccc1. The molecule has 0 aromatic heterocycles. The molecule has 5 heteroatoms. The fourth-order valence-corrected chi connectivity index (χ4v) is 1.97. The zero-order valence-corrected chi connectivity index (χ0v) is 11.7. The van der Waals surface area contributed by atoms with Gasteiger partial charge < -0.3 is 4.74 Å². The lowest BCUT2D eigenvalue weighted by Gasteiger charge is -2.09. The summed E-state index contributed by atoms with van der Waals surface area (Å²) in [5, 5.41) is 2.50. The van der Waals surface area contributed by atoms with Crippen LogP contribution < -0.4 is 10.1 Å². The normalized spacial score (nSPS) is 10.1. The largest absolute Gasteiger partial charge is 0.417 e. The molecular weight excluding hydrogens is 313 g/mol. The van der Waals surface area contributed by atoms with Crippen molar-refractivity contribution in [2.45, 2.75) is 6.92 Å². The highest BCUT2D eigenvalue weighted by Crippen LogP contribution is 2.24. The third kappa shape index (κ3) is 3.54. The second kappa shape index (κ2) is 5.84. The summed E-state index contributed by atoms with van der Waals surface area (Å²) in [6.45, 7) is 1.77. The second-order valence-corrected chi connectivity index (χ2v) is 4.76. The van der Waals surface area contributed by atoms with Gasteiger partial charge >= 0.3 is 6.09 Å². The van der Waals surface area contributed by atoms with Crippen LogP contribution in [0, 0.1) is 12.7 Å². The summed E-state index contributed by atoms with van der Waals surface area (Å²) in [5.74, 6) is -0.0177. The summed E-state index contributed by atoms with van der Waals surface area (Å²) < 4.78 is 18.8. The lowest BCUT2D eigenvalue weighted by Crippen LogP contribution is -2.17. The molecule has 0 atom stereocenters. The van der Waals surface area contributed by atoms with Crippen molar-refractivity contribution >= 4 is 27.7 Å². The predicted octanol–water partition coefficient (Wildman–Crippen LogP) is 4.51. The first-order chi connectivity index (χ1) is 9.06. The molecule has 0 fully saturated rings. The average molecular weight is 324 g/mol. The first-order valence-corrected chi connectivity index (χ1v) is 6.35. The van der Waals surface area contributed by atoms with Crippen LogP contribution in [0.5, 0.6) is 5.75 Å².